The summed E-state index contributed by atoms with van der Waals surface area (Å²) in [6.45, 7) is 0. The molecule has 1 fully saturated rings. The van der Waals surface area contributed by atoms with Gasteiger partial charge in [-0.3, -0.25) is 4.79 Å². The maximum absolute atomic E-state index is 12.0. The van der Waals surface area contributed by atoms with Gasteiger partial charge in [0.15, 0.2) is 0 Å². The highest BCUT2D eigenvalue weighted by atomic mass is 16.5. The molecule has 4 heteroatoms. The fourth-order valence-corrected chi connectivity index (χ4v) is 2.57. The summed E-state index contributed by atoms with van der Waals surface area (Å²) in [6, 6.07) is 1.73. The van der Waals surface area contributed by atoms with Gasteiger partial charge in [0.05, 0.1) is 12.8 Å². The zero-order valence-corrected chi connectivity index (χ0v) is 10.9. The Hall–Kier alpha value is -1.45. The molecule has 1 aliphatic rings. The summed E-state index contributed by atoms with van der Waals surface area (Å²) in [4.78, 5) is 20.0. The lowest BCUT2D eigenvalue weighted by Gasteiger charge is -2.20. The minimum Gasteiger partial charge on any atom is -0.481 e. The molecular weight excluding hydrogens is 228 g/mol. The van der Waals surface area contributed by atoms with Crippen LogP contribution in [0.3, 0.4) is 0 Å². The molecule has 2 rings (SSSR count). The SMILES string of the molecule is COc1cc(CC(=O)CC2CCCCC2)ncn1. The van der Waals surface area contributed by atoms with E-state index in [-0.39, 0.29) is 5.78 Å². The molecule has 1 aromatic heterocycles. The number of methoxy groups -OCH3 is 1. The first-order chi connectivity index (χ1) is 8.78. The Kier molecular flexibility index (Phi) is 4.67. The molecule has 0 aliphatic heterocycles. The minimum absolute atomic E-state index is 0.280. The molecule has 1 aliphatic carbocycles. The highest BCUT2D eigenvalue weighted by molar-refractivity contribution is 5.80. The fraction of sp³-hybridized carbons (Fsp3) is 0.643. The maximum atomic E-state index is 12.0. The number of carbonyl (C=O) groups is 1. The highest BCUT2D eigenvalue weighted by Gasteiger charge is 2.17. The standard InChI is InChI=1S/C14H20N2O2/c1-18-14-9-12(15-10-16-14)8-13(17)7-11-5-3-2-4-6-11/h9-11H,2-8H2,1H3. The summed E-state index contributed by atoms with van der Waals surface area (Å²) in [5.41, 5.74) is 0.752. The van der Waals surface area contributed by atoms with Gasteiger partial charge in [0.2, 0.25) is 5.88 Å². The molecule has 4 nitrogen and oxygen atoms in total. The molecule has 0 aromatic carbocycles. The number of rotatable bonds is 5. The van der Waals surface area contributed by atoms with E-state index in [1.165, 1.54) is 38.4 Å². The third-order valence-electron chi connectivity index (χ3n) is 3.53. The third kappa shape index (κ3) is 3.79. The lowest BCUT2D eigenvalue weighted by molar-refractivity contribution is -0.119. The topological polar surface area (TPSA) is 52.1 Å². The maximum Gasteiger partial charge on any atom is 0.216 e. The van der Waals surface area contributed by atoms with Crippen molar-refractivity contribution in [3.8, 4) is 5.88 Å². The first kappa shape index (κ1) is 13.0. The van der Waals surface area contributed by atoms with Gasteiger partial charge < -0.3 is 4.74 Å². The predicted octanol–water partition coefficient (Wildman–Crippen LogP) is 2.57. The first-order valence-electron chi connectivity index (χ1n) is 6.64. The zero-order valence-electron chi connectivity index (χ0n) is 10.9. The van der Waals surface area contributed by atoms with Crippen LogP contribution in [0, 0.1) is 5.92 Å². The van der Waals surface area contributed by atoms with Crippen LogP contribution in [-0.4, -0.2) is 22.9 Å². The van der Waals surface area contributed by atoms with Crippen LogP contribution in [0.1, 0.15) is 44.2 Å². The van der Waals surface area contributed by atoms with E-state index >= 15 is 0 Å². The van der Waals surface area contributed by atoms with Crippen molar-refractivity contribution in [3.63, 3.8) is 0 Å². The smallest absolute Gasteiger partial charge is 0.216 e. The van der Waals surface area contributed by atoms with E-state index in [0.29, 0.717) is 24.6 Å². The highest BCUT2D eigenvalue weighted by Crippen LogP contribution is 2.26. The molecule has 1 aromatic rings. The van der Waals surface area contributed by atoms with Crippen LogP contribution in [0.15, 0.2) is 12.4 Å². The fourth-order valence-electron chi connectivity index (χ4n) is 2.57. The van der Waals surface area contributed by atoms with E-state index < -0.39 is 0 Å². The van der Waals surface area contributed by atoms with Crippen LogP contribution in [0.25, 0.3) is 0 Å². The summed E-state index contributed by atoms with van der Waals surface area (Å²) in [5.74, 6) is 1.39. The Balaban J connectivity index is 1.85. The Morgan fingerprint density at radius 3 is 2.83 bits per heavy atom. The van der Waals surface area contributed by atoms with Crippen molar-refractivity contribution in [3.05, 3.63) is 18.1 Å². The van der Waals surface area contributed by atoms with Crippen molar-refractivity contribution in [2.24, 2.45) is 5.92 Å². The second-order valence-corrected chi connectivity index (χ2v) is 4.98. The Morgan fingerprint density at radius 1 is 1.33 bits per heavy atom. The first-order valence-corrected chi connectivity index (χ1v) is 6.64. The lowest BCUT2D eigenvalue weighted by Crippen LogP contribution is -2.14. The minimum atomic E-state index is 0.280. The van der Waals surface area contributed by atoms with Crippen LogP contribution < -0.4 is 4.74 Å². The number of ether oxygens (including phenoxy) is 1. The summed E-state index contributed by atoms with van der Waals surface area (Å²) < 4.78 is 5.02. The van der Waals surface area contributed by atoms with E-state index in [1.54, 1.807) is 13.2 Å². The number of Topliss-reactive ketones (excluding diaryl/α,β-unsaturated/α-hetero) is 1. The average Bonchev–Trinajstić information content (AvgIpc) is 2.40. The van der Waals surface area contributed by atoms with Gasteiger partial charge >= 0.3 is 0 Å². The number of hydrogen-bond donors (Lipinski definition) is 0. The van der Waals surface area contributed by atoms with E-state index in [9.17, 15) is 4.79 Å². The van der Waals surface area contributed by atoms with Gasteiger partial charge in [-0.05, 0) is 5.92 Å². The van der Waals surface area contributed by atoms with Crippen molar-refractivity contribution in [1.82, 2.24) is 9.97 Å². The average molecular weight is 248 g/mol. The van der Waals surface area contributed by atoms with Crippen LogP contribution in [0.2, 0.25) is 0 Å². The van der Waals surface area contributed by atoms with E-state index in [4.69, 9.17) is 4.74 Å². The Labute approximate surface area is 108 Å². The van der Waals surface area contributed by atoms with Crippen molar-refractivity contribution in [1.29, 1.82) is 0 Å². The molecule has 0 amide bonds. The summed E-state index contributed by atoms with van der Waals surface area (Å²) in [7, 11) is 1.57. The van der Waals surface area contributed by atoms with Crippen LogP contribution >= 0.6 is 0 Å². The molecule has 0 radical (unpaired) electrons. The monoisotopic (exact) mass is 248 g/mol. The molecule has 0 unspecified atom stereocenters. The van der Waals surface area contributed by atoms with Gasteiger partial charge in [-0.2, -0.15) is 0 Å². The molecule has 0 bridgehead atoms. The van der Waals surface area contributed by atoms with Crippen molar-refractivity contribution in [2.75, 3.05) is 7.11 Å². The molecule has 1 heterocycles. The Bertz CT molecular complexity index is 401. The van der Waals surface area contributed by atoms with Gasteiger partial charge in [-0.15, -0.1) is 0 Å². The summed E-state index contributed by atoms with van der Waals surface area (Å²) in [5, 5.41) is 0. The number of carbonyl (C=O) groups excluding carboxylic acids is 1. The van der Waals surface area contributed by atoms with E-state index in [0.717, 1.165) is 5.69 Å². The van der Waals surface area contributed by atoms with Gasteiger partial charge in [-0.1, -0.05) is 32.1 Å². The van der Waals surface area contributed by atoms with Gasteiger partial charge in [-0.25, -0.2) is 9.97 Å². The van der Waals surface area contributed by atoms with E-state index in [1.807, 2.05) is 0 Å². The van der Waals surface area contributed by atoms with Gasteiger partial charge in [0.1, 0.15) is 12.1 Å². The van der Waals surface area contributed by atoms with Crippen molar-refractivity contribution < 1.29 is 9.53 Å². The largest absolute Gasteiger partial charge is 0.481 e. The number of ketones is 1. The lowest BCUT2D eigenvalue weighted by atomic mass is 9.85. The molecule has 0 spiro atoms. The molecule has 0 N–H and O–H groups in total. The number of hydrogen-bond acceptors (Lipinski definition) is 4. The van der Waals surface area contributed by atoms with E-state index in [2.05, 4.69) is 9.97 Å². The van der Waals surface area contributed by atoms with Crippen molar-refractivity contribution in [2.45, 2.75) is 44.9 Å². The summed E-state index contributed by atoms with van der Waals surface area (Å²) in [6.07, 6.45) is 8.84. The summed E-state index contributed by atoms with van der Waals surface area (Å²) >= 11 is 0. The quantitative estimate of drug-likeness (QED) is 0.803. The molecule has 0 atom stereocenters. The number of aromatic nitrogens is 2. The Morgan fingerprint density at radius 2 is 2.11 bits per heavy atom. The normalized spacial score (nSPS) is 16.5. The molecular formula is C14H20N2O2. The van der Waals surface area contributed by atoms with Crippen LogP contribution in [0.4, 0.5) is 0 Å². The van der Waals surface area contributed by atoms with Crippen molar-refractivity contribution >= 4 is 5.78 Å². The molecule has 98 valence electrons. The second-order valence-electron chi connectivity index (χ2n) is 4.98. The number of nitrogens with zero attached hydrogens (tertiary/aromatic N) is 2. The zero-order chi connectivity index (χ0) is 12.8. The van der Waals surface area contributed by atoms with Gasteiger partial charge in [0.25, 0.3) is 0 Å². The van der Waals surface area contributed by atoms with Gasteiger partial charge in [0, 0.05) is 18.9 Å². The molecule has 1 saturated carbocycles. The molecule has 18 heavy (non-hydrogen) atoms. The predicted molar refractivity (Wildman–Crippen MR) is 68.5 cm³/mol. The third-order valence-corrected chi connectivity index (χ3v) is 3.53. The second kappa shape index (κ2) is 6.47. The van der Waals surface area contributed by atoms with Crippen LogP contribution in [0.5, 0.6) is 5.88 Å². The molecule has 0 saturated heterocycles. The van der Waals surface area contributed by atoms with Crippen LogP contribution in [-0.2, 0) is 11.2 Å².